The minimum atomic E-state index is -0.801. The third-order valence-electron chi connectivity index (χ3n) is 6.23. The molecule has 0 amide bonds. The molecule has 0 radical (unpaired) electrons. The summed E-state index contributed by atoms with van der Waals surface area (Å²) in [6.45, 7) is 6.50. The van der Waals surface area contributed by atoms with Crippen molar-refractivity contribution in [3.63, 3.8) is 0 Å². The monoisotopic (exact) mass is 788 g/mol. The summed E-state index contributed by atoms with van der Waals surface area (Å²) in [4.78, 5) is 32.9. The number of nitrogens with zero attached hydrogens (tertiary/aromatic N) is 2. The maximum Gasteiger partial charge on any atom is 0.338 e. The molecule has 0 fully saturated rings. The van der Waals surface area contributed by atoms with Crippen LogP contribution >= 0.6 is 56.5 Å². The van der Waals surface area contributed by atoms with Crippen molar-refractivity contribution >= 4 is 68.6 Å². The van der Waals surface area contributed by atoms with Crippen LogP contribution in [0.3, 0.4) is 0 Å². The molecule has 40 heavy (non-hydrogen) atoms. The molecule has 0 saturated carbocycles. The Balaban J connectivity index is 2.02. The van der Waals surface area contributed by atoms with Crippen LogP contribution in [0.5, 0.6) is 17.2 Å². The number of aromatic nitrogens is 1. The van der Waals surface area contributed by atoms with Crippen molar-refractivity contribution in [3.05, 3.63) is 79.6 Å². The molecule has 1 aliphatic heterocycles. The number of hydrogen-bond acceptors (Lipinski definition) is 8. The summed E-state index contributed by atoms with van der Waals surface area (Å²) in [6.07, 6.45) is 3.18. The van der Waals surface area contributed by atoms with Crippen molar-refractivity contribution in [1.29, 1.82) is 0 Å². The highest BCUT2D eigenvalue weighted by atomic mass is 127. The van der Waals surface area contributed by atoms with Crippen LogP contribution in [0.1, 0.15) is 50.8 Å². The maximum atomic E-state index is 14.1. The van der Waals surface area contributed by atoms with E-state index in [1.807, 2.05) is 32.1 Å². The van der Waals surface area contributed by atoms with Gasteiger partial charge in [-0.15, -0.1) is 0 Å². The summed E-state index contributed by atoms with van der Waals surface area (Å²) < 4.78 is 26.5. The largest absolute Gasteiger partial charge is 0.497 e. The van der Waals surface area contributed by atoms with Crippen LogP contribution in [0, 0.1) is 7.14 Å². The Morgan fingerprint density at radius 3 is 2.40 bits per heavy atom. The number of hydrogen-bond donors (Lipinski definition) is 0. The third kappa shape index (κ3) is 6.10. The van der Waals surface area contributed by atoms with E-state index in [1.54, 1.807) is 43.9 Å². The van der Waals surface area contributed by atoms with Crippen LogP contribution in [0.4, 0.5) is 0 Å². The van der Waals surface area contributed by atoms with Gasteiger partial charge in [0.2, 0.25) is 0 Å². The smallest absolute Gasteiger partial charge is 0.338 e. The Morgan fingerprint density at radius 1 is 1.07 bits per heavy atom. The fourth-order valence-electron chi connectivity index (χ4n) is 4.56. The second-order valence-corrected chi connectivity index (χ2v) is 12.1. The first-order valence-electron chi connectivity index (χ1n) is 12.8. The lowest BCUT2D eigenvalue weighted by Crippen LogP contribution is -2.40. The molecule has 0 unspecified atom stereocenters. The predicted molar refractivity (Wildman–Crippen MR) is 172 cm³/mol. The number of allylic oxidation sites excluding steroid dienone is 1. The molecule has 8 nitrogen and oxygen atoms in total. The van der Waals surface area contributed by atoms with Crippen molar-refractivity contribution in [3.8, 4) is 17.2 Å². The Kier molecular flexibility index (Phi) is 10.3. The average molecular weight is 788 g/mol. The van der Waals surface area contributed by atoms with Crippen molar-refractivity contribution < 1.29 is 23.7 Å². The van der Waals surface area contributed by atoms with Gasteiger partial charge in [-0.1, -0.05) is 24.7 Å². The maximum absolute atomic E-state index is 14.1. The number of carbonyl (C=O) groups is 1. The van der Waals surface area contributed by atoms with Crippen molar-refractivity contribution in [2.24, 2.45) is 4.99 Å². The standard InChI is InChI=1S/C29H30I2N2O6S/c1-6-9-21-24(28(35)39-8-3)25(18-15-17(36-4)10-11-22(18)37-5)33-27(34)23(40-29(33)32-21)14-16-12-19(30)26(38-7-2)20(31)13-16/h10-15,25H,6-9H2,1-5H3/b23-14-/t25-/m0/s1. The molecule has 1 atom stereocenters. The molecule has 0 saturated heterocycles. The van der Waals surface area contributed by atoms with Gasteiger partial charge in [-0.3, -0.25) is 9.36 Å². The lowest BCUT2D eigenvalue weighted by Gasteiger charge is -2.27. The number of fused-ring (bicyclic) bond motifs is 1. The van der Waals surface area contributed by atoms with E-state index in [9.17, 15) is 9.59 Å². The highest BCUT2D eigenvalue weighted by Crippen LogP contribution is 2.39. The van der Waals surface area contributed by atoms with E-state index >= 15 is 0 Å². The Morgan fingerprint density at radius 2 is 1.80 bits per heavy atom. The third-order valence-corrected chi connectivity index (χ3v) is 8.82. The van der Waals surface area contributed by atoms with E-state index in [0.29, 0.717) is 50.7 Å². The fourth-order valence-corrected chi connectivity index (χ4v) is 7.71. The molecule has 0 bridgehead atoms. The van der Waals surface area contributed by atoms with Crippen molar-refractivity contribution in [2.45, 2.75) is 39.7 Å². The Bertz CT molecular complexity index is 1620. The summed E-state index contributed by atoms with van der Waals surface area (Å²) in [7, 11) is 3.13. The molecule has 2 heterocycles. The number of rotatable bonds is 10. The topological polar surface area (TPSA) is 88.4 Å². The van der Waals surface area contributed by atoms with Crippen LogP contribution in [0.15, 0.2) is 51.4 Å². The summed E-state index contributed by atoms with van der Waals surface area (Å²) in [5, 5.41) is 0. The number of benzene rings is 2. The molecule has 0 N–H and O–H groups in total. The number of ether oxygens (including phenoxy) is 4. The van der Waals surface area contributed by atoms with Crippen molar-refractivity contribution in [2.75, 3.05) is 27.4 Å². The first kappa shape index (κ1) is 30.6. The number of carbonyl (C=O) groups excluding carboxylic acids is 1. The number of halogens is 2. The summed E-state index contributed by atoms with van der Waals surface area (Å²) in [5.74, 6) is 1.43. The molecular weight excluding hydrogens is 758 g/mol. The zero-order valence-electron chi connectivity index (χ0n) is 22.9. The molecule has 2 aromatic carbocycles. The number of methoxy groups -OCH3 is 2. The van der Waals surface area contributed by atoms with Gasteiger partial charge in [0.1, 0.15) is 23.3 Å². The Hall–Kier alpha value is -2.39. The highest BCUT2D eigenvalue weighted by Gasteiger charge is 2.36. The second kappa shape index (κ2) is 13.5. The van der Waals surface area contributed by atoms with Gasteiger partial charge in [-0.25, -0.2) is 9.79 Å². The van der Waals surface area contributed by atoms with Crippen LogP contribution in [0.2, 0.25) is 0 Å². The first-order valence-corrected chi connectivity index (χ1v) is 15.8. The Labute approximate surface area is 264 Å². The summed E-state index contributed by atoms with van der Waals surface area (Å²) in [5.41, 5.74) is 2.17. The zero-order valence-corrected chi connectivity index (χ0v) is 28.0. The van der Waals surface area contributed by atoms with Gasteiger partial charge in [-0.05, 0) is 107 Å². The summed E-state index contributed by atoms with van der Waals surface area (Å²) >= 11 is 5.79. The molecular formula is C29H30I2N2O6S. The molecule has 0 aliphatic carbocycles. The van der Waals surface area contributed by atoms with Gasteiger partial charge in [0.15, 0.2) is 4.80 Å². The van der Waals surface area contributed by atoms with Gasteiger partial charge in [0, 0.05) is 5.56 Å². The van der Waals surface area contributed by atoms with Crippen LogP contribution in [0.25, 0.3) is 6.08 Å². The highest BCUT2D eigenvalue weighted by molar-refractivity contribution is 14.1. The summed E-state index contributed by atoms with van der Waals surface area (Å²) in [6, 6.07) is 8.52. The second-order valence-electron chi connectivity index (χ2n) is 8.77. The molecule has 1 aliphatic rings. The van der Waals surface area contributed by atoms with E-state index in [2.05, 4.69) is 45.2 Å². The number of thiazole rings is 1. The normalized spacial score (nSPS) is 15.0. The zero-order chi connectivity index (χ0) is 29.0. The molecule has 4 rings (SSSR count). The van der Waals surface area contributed by atoms with Gasteiger partial charge < -0.3 is 18.9 Å². The average Bonchev–Trinajstić information content (AvgIpc) is 3.24. The predicted octanol–water partition coefficient (Wildman–Crippen LogP) is 5.20. The minimum Gasteiger partial charge on any atom is -0.497 e. The van der Waals surface area contributed by atoms with Gasteiger partial charge >= 0.3 is 5.97 Å². The van der Waals surface area contributed by atoms with Crippen LogP contribution in [-0.2, 0) is 9.53 Å². The molecule has 1 aromatic heterocycles. The quantitative estimate of drug-likeness (QED) is 0.208. The molecule has 212 valence electrons. The van der Waals surface area contributed by atoms with Gasteiger partial charge in [0.25, 0.3) is 5.56 Å². The van der Waals surface area contributed by atoms with E-state index in [-0.39, 0.29) is 12.2 Å². The lowest BCUT2D eigenvalue weighted by molar-refractivity contribution is -0.139. The van der Waals surface area contributed by atoms with Gasteiger partial charge in [0.05, 0.1) is 50.4 Å². The molecule has 3 aromatic rings. The van der Waals surface area contributed by atoms with E-state index in [1.165, 1.54) is 11.3 Å². The van der Waals surface area contributed by atoms with Crippen LogP contribution < -0.4 is 29.1 Å². The van der Waals surface area contributed by atoms with E-state index in [0.717, 1.165) is 24.9 Å². The fraction of sp³-hybridized carbons (Fsp3) is 0.345. The van der Waals surface area contributed by atoms with Crippen LogP contribution in [-0.4, -0.2) is 38.0 Å². The van der Waals surface area contributed by atoms with Crippen molar-refractivity contribution in [1.82, 2.24) is 4.57 Å². The SMILES string of the molecule is CCCC1=C(C(=O)OCC)[C@H](c2cc(OC)ccc2OC)n2c(s/c(=C\c3cc(I)c(OCC)c(I)c3)c2=O)=N1. The minimum absolute atomic E-state index is 0.198. The first-order chi connectivity index (χ1) is 19.3. The molecule has 0 spiro atoms. The lowest BCUT2D eigenvalue weighted by atomic mass is 9.93. The molecule has 11 heteroatoms. The van der Waals surface area contributed by atoms with E-state index < -0.39 is 12.0 Å². The van der Waals surface area contributed by atoms with E-state index in [4.69, 9.17) is 23.9 Å². The number of esters is 1. The van der Waals surface area contributed by atoms with Gasteiger partial charge in [-0.2, -0.15) is 0 Å².